The van der Waals surface area contributed by atoms with E-state index in [1.54, 1.807) is 12.1 Å². The molecular weight excluding hydrogens is 376 g/mol. The zero-order chi connectivity index (χ0) is 16.3. The van der Waals surface area contributed by atoms with E-state index in [2.05, 4.69) is 15.9 Å². The summed E-state index contributed by atoms with van der Waals surface area (Å²) in [5.41, 5.74) is -0.218. The van der Waals surface area contributed by atoms with E-state index in [9.17, 15) is 8.42 Å². The zero-order valence-corrected chi connectivity index (χ0v) is 15.4. The molecule has 1 aromatic rings. The summed E-state index contributed by atoms with van der Waals surface area (Å²) in [5, 5.41) is 8.90. The van der Waals surface area contributed by atoms with Gasteiger partial charge in [-0.1, -0.05) is 48.3 Å². The van der Waals surface area contributed by atoms with Gasteiger partial charge in [-0.25, -0.2) is 8.42 Å². The number of nitrogens with zero attached hydrogens (tertiary/aromatic N) is 2. The van der Waals surface area contributed by atoms with Crippen LogP contribution >= 0.6 is 27.5 Å². The van der Waals surface area contributed by atoms with Gasteiger partial charge in [0.2, 0.25) is 10.0 Å². The van der Waals surface area contributed by atoms with Crippen LogP contribution in [0, 0.1) is 16.7 Å². The van der Waals surface area contributed by atoms with Crippen molar-refractivity contribution in [2.75, 3.05) is 13.1 Å². The van der Waals surface area contributed by atoms with Crippen molar-refractivity contribution in [3.8, 4) is 6.07 Å². The van der Waals surface area contributed by atoms with E-state index in [1.165, 1.54) is 10.4 Å². The molecular formula is C14H18BrClN2O2S. The van der Waals surface area contributed by atoms with Crippen LogP contribution < -0.4 is 0 Å². The highest BCUT2D eigenvalue weighted by Gasteiger charge is 2.29. The van der Waals surface area contributed by atoms with Crippen LogP contribution in [0.25, 0.3) is 0 Å². The Morgan fingerprint density at radius 2 is 2.00 bits per heavy atom. The number of rotatable bonds is 5. The Balaban J connectivity index is 3.23. The molecule has 21 heavy (non-hydrogen) atoms. The lowest BCUT2D eigenvalue weighted by Crippen LogP contribution is -2.38. The van der Waals surface area contributed by atoms with Crippen molar-refractivity contribution in [2.45, 2.75) is 32.1 Å². The first-order valence-corrected chi connectivity index (χ1v) is 9.01. The number of nitriles is 1. The summed E-state index contributed by atoms with van der Waals surface area (Å²) in [6.07, 6.45) is 0.142. The van der Waals surface area contributed by atoms with Gasteiger partial charge in [0.25, 0.3) is 0 Å². The Labute approximate surface area is 139 Å². The van der Waals surface area contributed by atoms with Crippen molar-refractivity contribution in [1.82, 2.24) is 4.31 Å². The Bertz CT molecular complexity index is 648. The minimum absolute atomic E-state index is 0.0644. The molecule has 0 saturated carbocycles. The average molecular weight is 394 g/mol. The SMILES string of the molecule is CC(C)(C)CN(CCC#N)S(=O)(=O)c1ccc(Br)cc1Cl. The molecule has 0 aliphatic heterocycles. The quantitative estimate of drug-likeness (QED) is 0.758. The van der Waals surface area contributed by atoms with Crippen LogP contribution in [0.2, 0.25) is 5.02 Å². The molecule has 0 bridgehead atoms. The van der Waals surface area contributed by atoms with Crippen molar-refractivity contribution >= 4 is 37.6 Å². The second kappa shape index (κ2) is 7.10. The minimum Gasteiger partial charge on any atom is -0.207 e. The van der Waals surface area contributed by atoms with Gasteiger partial charge in [-0.15, -0.1) is 0 Å². The third-order valence-corrected chi connectivity index (χ3v) is 5.46. The molecule has 0 amide bonds. The second-order valence-electron chi connectivity index (χ2n) is 5.88. The fraction of sp³-hybridized carbons (Fsp3) is 0.500. The highest BCUT2D eigenvalue weighted by molar-refractivity contribution is 9.10. The van der Waals surface area contributed by atoms with Crippen LogP contribution in [0.5, 0.6) is 0 Å². The number of sulfonamides is 1. The Morgan fingerprint density at radius 1 is 1.38 bits per heavy atom. The van der Waals surface area contributed by atoms with E-state index in [0.29, 0.717) is 11.0 Å². The van der Waals surface area contributed by atoms with Crippen LogP contribution in [0.15, 0.2) is 27.6 Å². The molecule has 0 aromatic heterocycles. The van der Waals surface area contributed by atoms with Crippen LogP contribution in [0.1, 0.15) is 27.2 Å². The van der Waals surface area contributed by atoms with Gasteiger partial charge in [-0.3, -0.25) is 0 Å². The lowest BCUT2D eigenvalue weighted by molar-refractivity contribution is 0.285. The number of hydrogen-bond donors (Lipinski definition) is 0. The van der Waals surface area contributed by atoms with E-state index >= 15 is 0 Å². The van der Waals surface area contributed by atoms with Crippen LogP contribution in [-0.2, 0) is 10.0 Å². The zero-order valence-electron chi connectivity index (χ0n) is 12.2. The molecule has 0 N–H and O–H groups in total. The lowest BCUT2D eigenvalue weighted by Gasteiger charge is -2.29. The van der Waals surface area contributed by atoms with Gasteiger partial charge in [-0.2, -0.15) is 9.57 Å². The topological polar surface area (TPSA) is 61.2 Å². The fourth-order valence-corrected chi connectivity index (χ4v) is 4.49. The van der Waals surface area contributed by atoms with Gasteiger partial charge in [0.15, 0.2) is 0 Å². The first-order chi connectivity index (χ1) is 9.58. The third kappa shape index (κ3) is 5.26. The summed E-state index contributed by atoms with van der Waals surface area (Å²) in [6, 6.07) is 6.65. The molecule has 0 radical (unpaired) electrons. The molecule has 0 fully saturated rings. The maximum atomic E-state index is 12.8. The van der Waals surface area contributed by atoms with E-state index in [4.69, 9.17) is 16.9 Å². The van der Waals surface area contributed by atoms with Crippen LogP contribution in [0.3, 0.4) is 0 Å². The summed E-state index contributed by atoms with van der Waals surface area (Å²) in [4.78, 5) is 0.0644. The third-order valence-electron chi connectivity index (χ3n) is 2.64. The van der Waals surface area contributed by atoms with Gasteiger partial charge in [-0.05, 0) is 23.6 Å². The van der Waals surface area contributed by atoms with E-state index in [-0.39, 0.29) is 28.3 Å². The summed E-state index contributed by atoms with van der Waals surface area (Å²) in [6.45, 7) is 6.33. The molecule has 1 aromatic carbocycles. The minimum atomic E-state index is -3.72. The predicted molar refractivity (Wildman–Crippen MR) is 87.6 cm³/mol. The number of benzene rings is 1. The smallest absolute Gasteiger partial charge is 0.207 e. The Hall–Kier alpha value is -0.610. The molecule has 0 saturated heterocycles. The molecule has 0 unspecified atom stereocenters. The predicted octanol–water partition coefficient (Wildman–Crippen LogP) is 4.05. The van der Waals surface area contributed by atoms with E-state index in [0.717, 1.165) is 0 Å². The average Bonchev–Trinajstić information content (AvgIpc) is 2.32. The molecule has 0 aliphatic carbocycles. The van der Waals surface area contributed by atoms with Crippen molar-refractivity contribution in [2.24, 2.45) is 5.41 Å². The molecule has 1 rings (SSSR count). The van der Waals surface area contributed by atoms with Crippen molar-refractivity contribution in [3.63, 3.8) is 0 Å². The summed E-state index contributed by atoms with van der Waals surface area (Å²) < 4.78 is 27.6. The van der Waals surface area contributed by atoms with Gasteiger partial charge in [0, 0.05) is 24.0 Å². The molecule has 0 spiro atoms. The van der Waals surface area contributed by atoms with Gasteiger partial charge < -0.3 is 0 Å². The second-order valence-corrected chi connectivity index (χ2v) is 9.11. The lowest BCUT2D eigenvalue weighted by atomic mass is 9.97. The monoisotopic (exact) mass is 392 g/mol. The van der Waals surface area contributed by atoms with Gasteiger partial charge >= 0.3 is 0 Å². The first kappa shape index (κ1) is 18.4. The molecule has 0 heterocycles. The number of halogens is 2. The fourth-order valence-electron chi connectivity index (χ4n) is 1.81. The van der Waals surface area contributed by atoms with Crippen LogP contribution in [0.4, 0.5) is 0 Å². The highest BCUT2D eigenvalue weighted by Crippen LogP contribution is 2.29. The van der Waals surface area contributed by atoms with E-state index in [1.807, 2.05) is 26.8 Å². The maximum Gasteiger partial charge on any atom is 0.244 e. The molecule has 116 valence electrons. The normalized spacial score (nSPS) is 12.4. The standard InChI is InChI=1S/C14H18BrClN2O2S/c1-14(2,3)10-18(8-4-7-17)21(19,20)13-6-5-11(15)9-12(13)16/h5-6,9H,4,8,10H2,1-3H3. The first-order valence-electron chi connectivity index (χ1n) is 6.40. The maximum absolute atomic E-state index is 12.8. The van der Waals surface area contributed by atoms with Gasteiger partial charge in [0.1, 0.15) is 4.90 Å². The van der Waals surface area contributed by atoms with Gasteiger partial charge in [0.05, 0.1) is 11.1 Å². The summed E-state index contributed by atoms with van der Waals surface area (Å²) >= 11 is 9.32. The van der Waals surface area contributed by atoms with Crippen molar-refractivity contribution in [1.29, 1.82) is 5.26 Å². The van der Waals surface area contributed by atoms with Crippen LogP contribution in [-0.4, -0.2) is 25.8 Å². The highest BCUT2D eigenvalue weighted by atomic mass is 79.9. The largest absolute Gasteiger partial charge is 0.244 e. The Kier molecular flexibility index (Phi) is 6.23. The molecule has 4 nitrogen and oxygen atoms in total. The molecule has 7 heteroatoms. The van der Waals surface area contributed by atoms with Crippen molar-refractivity contribution < 1.29 is 8.42 Å². The van der Waals surface area contributed by atoms with E-state index < -0.39 is 10.0 Å². The van der Waals surface area contributed by atoms with Crippen molar-refractivity contribution in [3.05, 3.63) is 27.7 Å². The summed E-state index contributed by atoms with van der Waals surface area (Å²) in [7, 11) is -3.72. The number of hydrogen-bond acceptors (Lipinski definition) is 3. The molecule has 0 atom stereocenters. The Morgan fingerprint density at radius 3 is 2.48 bits per heavy atom. The molecule has 0 aliphatic rings. The summed E-state index contributed by atoms with van der Waals surface area (Å²) in [5.74, 6) is 0.